The van der Waals surface area contributed by atoms with Gasteiger partial charge in [0.15, 0.2) is 0 Å². The largest absolute Gasteiger partial charge is 0.326 e. The van der Waals surface area contributed by atoms with E-state index < -0.39 is 0 Å². The average molecular weight is 267 g/mol. The summed E-state index contributed by atoms with van der Waals surface area (Å²) < 4.78 is 0. The first kappa shape index (κ1) is 14.3. The molecule has 0 aliphatic rings. The highest BCUT2D eigenvalue weighted by molar-refractivity contribution is 5.91. The van der Waals surface area contributed by atoms with Gasteiger partial charge in [-0.3, -0.25) is 4.79 Å². The zero-order valence-corrected chi connectivity index (χ0v) is 12.1. The molecule has 0 atom stereocenters. The number of para-hydroxylation sites is 1. The van der Waals surface area contributed by atoms with E-state index >= 15 is 0 Å². The van der Waals surface area contributed by atoms with E-state index in [1.54, 1.807) is 0 Å². The van der Waals surface area contributed by atoms with Crippen LogP contribution < -0.4 is 5.32 Å². The Bertz CT molecular complexity index is 561. The van der Waals surface area contributed by atoms with Crippen LogP contribution in [0.15, 0.2) is 54.6 Å². The molecule has 0 spiro atoms. The number of benzene rings is 2. The Morgan fingerprint density at radius 3 is 2.35 bits per heavy atom. The van der Waals surface area contributed by atoms with E-state index in [0.29, 0.717) is 12.3 Å². The highest BCUT2D eigenvalue weighted by atomic mass is 16.1. The van der Waals surface area contributed by atoms with Crippen molar-refractivity contribution in [2.45, 2.75) is 26.7 Å². The van der Waals surface area contributed by atoms with E-state index in [-0.39, 0.29) is 5.91 Å². The van der Waals surface area contributed by atoms with Gasteiger partial charge >= 0.3 is 0 Å². The van der Waals surface area contributed by atoms with Crippen molar-refractivity contribution >= 4 is 11.6 Å². The third kappa shape index (κ3) is 4.23. The second-order valence-corrected chi connectivity index (χ2v) is 5.47. The summed E-state index contributed by atoms with van der Waals surface area (Å²) in [5.74, 6) is 0.455. The lowest BCUT2D eigenvalue weighted by Crippen LogP contribution is -2.15. The maximum absolute atomic E-state index is 11.9. The van der Waals surface area contributed by atoms with E-state index in [9.17, 15) is 4.79 Å². The molecule has 20 heavy (non-hydrogen) atoms. The van der Waals surface area contributed by atoms with Gasteiger partial charge in [0.1, 0.15) is 0 Å². The standard InChI is InChI=1S/C18H21NO/c1-14(2)12-18(20)19-17-11-7-6-10-16(17)13-15-8-4-3-5-9-15/h3-11,14H,12-13H2,1-2H3,(H,19,20). The van der Waals surface area contributed by atoms with Crippen LogP contribution in [-0.4, -0.2) is 5.91 Å². The molecule has 104 valence electrons. The summed E-state index contributed by atoms with van der Waals surface area (Å²) in [5.41, 5.74) is 3.32. The second kappa shape index (κ2) is 6.90. The number of amides is 1. The first-order chi connectivity index (χ1) is 9.65. The normalized spacial score (nSPS) is 10.6. The quantitative estimate of drug-likeness (QED) is 0.861. The van der Waals surface area contributed by atoms with Crippen molar-refractivity contribution in [2.24, 2.45) is 5.92 Å². The molecule has 2 aromatic carbocycles. The van der Waals surface area contributed by atoms with Crippen LogP contribution in [0.25, 0.3) is 0 Å². The summed E-state index contributed by atoms with van der Waals surface area (Å²) in [5, 5.41) is 3.02. The average Bonchev–Trinajstić information content (AvgIpc) is 2.41. The number of carbonyl (C=O) groups is 1. The van der Waals surface area contributed by atoms with Crippen LogP contribution in [0.4, 0.5) is 5.69 Å². The second-order valence-electron chi connectivity index (χ2n) is 5.47. The molecule has 0 saturated carbocycles. The molecule has 0 radical (unpaired) electrons. The highest BCUT2D eigenvalue weighted by Gasteiger charge is 2.08. The molecule has 1 amide bonds. The minimum absolute atomic E-state index is 0.0838. The summed E-state index contributed by atoms with van der Waals surface area (Å²) in [4.78, 5) is 11.9. The van der Waals surface area contributed by atoms with Crippen molar-refractivity contribution in [3.8, 4) is 0 Å². The molecule has 1 N–H and O–H groups in total. The van der Waals surface area contributed by atoms with Crippen molar-refractivity contribution in [3.63, 3.8) is 0 Å². The number of anilines is 1. The topological polar surface area (TPSA) is 29.1 Å². The summed E-state index contributed by atoms with van der Waals surface area (Å²) in [6, 6.07) is 18.3. The Balaban J connectivity index is 2.12. The minimum Gasteiger partial charge on any atom is -0.326 e. The molecule has 0 saturated heterocycles. The maximum atomic E-state index is 11.9. The zero-order valence-electron chi connectivity index (χ0n) is 12.1. The van der Waals surface area contributed by atoms with Gasteiger partial charge in [0.2, 0.25) is 5.91 Å². The van der Waals surface area contributed by atoms with Crippen molar-refractivity contribution in [1.29, 1.82) is 0 Å². The molecule has 2 rings (SSSR count). The summed E-state index contributed by atoms with van der Waals surface area (Å²) in [7, 11) is 0. The third-order valence-electron chi connectivity index (χ3n) is 3.12. The summed E-state index contributed by atoms with van der Waals surface area (Å²) in [6.45, 7) is 4.10. The fraction of sp³-hybridized carbons (Fsp3) is 0.278. The molecule has 2 aromatic rings. The number of nitrogens with one attached hydrogen (secondary N) is 1. The van der Waals surface area contributed by atoms with Crippen molar-refractivity contribution < 1.29 is 4.79 Å². The predicted molar refractivity (Wildman–Crippen MR) is 83.8 cm³/mol. The Labute approximate surface area is 120 Å². The third-order valence-corrected chi connectivity index (χ3v) is 3.12. The van der Waals surface area contributed by atoms with Crippen LogP contribution >= 0.6 is 0 Å². The van der Waals surface area contributed by atoms with Gasteiger partial charge in [-0.05, 0) is 29.5 Å². The first-order valence-electron chi connectivity index (χ1n) is 7.07. The van der Waals surface area contributed by atoms with Crippen LogP contribution in [0.5, 0.6) is 0 Å². The van der Waals surface area contributed by atoms with E-state index in [4.69, 9.17) is 0 Å². The monoisotopic (exact) mass is 267 g/mol. The fourth-order valence-corrected chi connectivity index (χ4v) is 2.18. The molecule has 2 heteroatoms. The molecule has 2 nitrogen and oxygen atoms in total. The van der Waals surface area contributed by atoms with Crippen LogP contribution in [0.3, 0.4) is 0 Å². The fourth-order valence-electron chi connectivity index (χ4n) is 2.18. The number of hydrogen-bond donors (Lipinski definition) is 1. The zero-order chi connectivity index (χ0) is 14.4. The Kier molecular flexibility index (Phi) is 4.94. The molecular weight excluding hydrogens is 246 g/mol. The summed E-state index contributed by atoms with van der Waals surface area (Å²) >= 11 is 0. The smallest absolute Gasteiger partial charge is 0.224 e. The van der Waals surface area contributed by atoms with Gasteiger partial charge < -0.3 is 5.32 Å². The molecule has 0 heterocycles. The molecule has 0 unspecified atom stereocenters. The minimum atomic E-state index is 0.0838. The van der Waals surface area contributed by atoms with Gasteiger partial charge in [-0.1, -0.05) is 62.4 Å². The number of rotatable bonds is 5. The molecule has 0 aliphatic carbocycles. The van der Waals surface area contributed by atoms with Crippen LogP contribution in [-0.2, 0) is 11.2 Å². The van der Waals surface area contributed by atoms with Gasteiger partial charge in [-0.2, -0.15) is 0 Å². The van der Waals surface area contributed by atoms with Crippen LogP contribution in [0.2, 0.25) is 0 Å². The highest BCUT2D eigenvalue weighted by Crippen LogP contribution is 2.19. The van der Waals surface area contributed by atoms with Crippen molar-refractivity contribution in [2.75, 3.05) is 5.32 Å². The molecule has 0 aromatic heterocycles. The van der Waals surface area contributed by atoms with Gasteiger partial charge in [-0.25, -0.2) is 0 Å². The Morgan fingerprint density at radius 1 is 1.00 bits per heavy atom. The molecule has 0 bridgehead atoms. The van der Waals surface area contributed by atoms with Gasteiger partial charge in [-0.15, -0.1) is 0 Å². The molecule has 0 fully saturated rings. The SMILES string of the molecule is CC(C)CC(=O)Nc1ccccc1Cc1ccccc1. The first-order valence-corrected chi connectivity index (χ1v) is 7.07. The summed E-state index contributed by atoms with van der Waals surface area (Å²) in [6.07, 6.45) is 1.39. The maximum Gasteiger partial charge on any atom is 0.224 e. The van der Waals surface area contributed by atoms with Crippen LogP contribution in [0, 0.1) is 5.92 Å². The van der Waals surface area contributed by atoms with E-state index in [1.165, 1.54) is 5.56 Å². The molecule has 0 aliphatic heterocycles. The number of carbonyl (C=O) groups excluding carboxylic acids is 1. The lowest BCUT2D eigenvalue weighted by Gasteiger charge is -2.12. The number of hydrogen-bond acceptors (Lipinski definition) is 1. The van der Waals surface area contributed by atoms with E-state index in [0.717, 1.165) is 17.7 Å². The van der Waals surface area contributed by atoms with Gasteiger partial charge in [0.05, 0.1) is 0 Å². The molecular formula is C18H21NO. The lowest BCUT2D eigenvalue weighted by atomic mass is 10.0. The van der Waals surface area contributed by atoms with E-state index in [2.05, 4.69) is 37.4 Å². The Hall–Kier alpha value is -2.09. The predicted octanol–water partition coefficient (Wildman–Crippen LogP) is 4.26. The van der Waals surface area contributed by atoms with Gasteiger partial charge in [0, 0.05) is 12.1 Å². The van der Waals surface area contributed by atoms with Gasteiger partial charge in [0.25, 0.3) is 0 Å². The van der Waals surface area contributed by atoms with Crippen molar-refractivity contribution in [3.05, 3.63) is 65.7 Å². The Morgan fingerprint density at radius 2 is 1.65 bits per heavy atom. The van der Waals surface area contributed by atoms with E-state index in [1.807, 2.05) is 36.4 Å². The lowest BCUT2D eigenvalue weighted by molar-refractivity contribution is -0.116. The van der Waals surface area contributed by atoms with Crippen LogP contribution in [0.1, 0.15) is 31.4 Å². The van der Waals surface area contributed by atoms with Crippen molar-refractivity contribution in [1.82, 2.24) is 0 Å².